The number of anilines is 1. The SMILES string of the molecule is CC(C)Oc1cc(-c2cc(C(=O)N[C@H]3CC[C@H](N)CC3)c3c(N)ncnn23)ccn1. The second kappa shape index (κ2) is 8.27. The Kier molecular flexibility index (Phi) is 5.54. The van der Waals surface area contributed by atoms with Crippen LogP contribution in [0.2, 0.25) is 0 Å². The van der Waals surface area contributed by atoms with E-state index >= 15 is 0 Å². The van der Waals surface area contributed by atoms with Crippen molar-refractivity contribution in [3.05, 3.63) is 36.3 Å². The lowest BCUT2D eigenvalue weighted by atomic mass is 9.91. The average Bonchev–Trinajstić information content (AvgIpc) is 3.11. The first kappa shape index (κ1) is 20.1. The van der Waals surface area contributed by atoms with Crippen molar-refractivity contribution in [3.8, 4) is 17.1 Å². The van der Waals surface area contributed by atoms with E-state index in [2.05, 4.69) is 20.4 Å². The molecule has 0 saturated heterocycles. The first-order valence-corrected chi connectivity index (χ1v) is 10.2. The molecule has 1 aliphatic carbocycles. The molecule has 0 aliphatic heterocycles. The van der Waals surface area contributed by atoms with Crippen LogP contribution in [0.15, 0.2) is 30.7 Å². The van der Waals surface area contributed by atoms with Crippen molar-refractivity contribution in [3.63, 3.8) is 0 Å². The lowest BCUT2D eigenvalue weighted by Gasteiger charge is -2.26. The fraction of sp³-hybridized carbons (Fsp3) is 0.429. The van der Waals surface area contributed by atoms with Gasteiger partial charge in [0.2, 0.25) is 5.88 Å². The number of fused-ring (bicyclic) bond motifs is 1. The number of carbonyl (C=O) groups excluding carboxylic acids is 1. The Hall–Kier alpha value is -3.20. The molecule has 5 N–H and O–H groups in total. The van der Waals surface area contributed by atoms with E-state index in [-0.39, 0.29) is 29.9 Å². The summed E-state index contributed by atoms with van der Waals surface area (Å²) in [6.45, 7) is 3.88. The molecule has 4 rings (SSSR count). The zero-order valence-electron chi connectivity index (χ0n) is 17.2. The highest BCUT2D eigenvalue weighted by Crippen LogP contribution is 2.29. The smallest absolute Gasteiger partial charge is 0.253 e. The monoisotopic (exact) mass is 409 g/mol. The lowest BCUT2D eigenvalue weighted by molar-refractivity contribution is 0.0927. The second-order valence-electron chi connectivity index (χ2n) is 7.98. The molecule has 1 saturated carbocycles. The molecular formula is C21H27N7O2. The number of nitrogens with zero attached hydrogens (tertiary/aromatic N) is 4. The van der Waals surface area contributed by atoms with Crippen molar-refractivity contribution in [2.75, 3.05) is 5.73 Å². The van der Waals surface area contributed by atoms with Crippen LogP contribution in [0.25, 0.3) is 16.8 Å². The van der Waals surface area contributed by atoms with E-state index in [0.29, 0.717) is 22.7 Å². The molecule has 9 heteroatoms. The summed E-state index contributed by atoms with van der Waals surface area (Å²) in [5, 5.41) is 7.46. The van der Waals surface area contributed by atoms with Crippen molar-refractivity contribution in [2.24, 2.45) is 5.73 Å². The zero-order valence-corrected chi connectivity index (χ0v) is 17.2. The molecule has 0 unspecified atom stereocenters. The maximum absolute atomic E-state index is 13.1. The summed E-state index contributed by atoms with van der Waals surface area (Å²) in [4.78, 5) is 21.4. The Labute approximate surface area is 174 Å². The van der Waals surface area contributed by atoms with Crippen LogP contribution in [0, 0.1) is 0 Å². The number of nitrogen functional groups attached to an aromatic ring is 1. The molecule has 0 aromatic carbocycles. The third-order valence-electron chi connectivity index (χ3n) is 5.32. The molecule has 0 spiro atoms. The molecule has 3 aromatic heterocycles. The Balaban J connectivity index is 1.71. The Bertz CT molecular complexity index is 1050. The number of pyridine rings is 1. The molecule has 0 bridgehead atoms. The molecule has 0 atom stereocenters. The van der Waals surface area contributed by atoms with Crippen molar-refractivity contribution in [2.45, 2.75) is 57.7 Å². The van der Waals surface area contributed by atoms with Crippen LogP contribution in [0.4, 0.5) is 5.82 Å². The summed E-state index contributed by atoms with van der Waals surface area (Å²) in [7, 11) is 0. The van der Waals surface area contributed by atoms with E-state index in [0.717, 1.165) is 31.2 Å². The van der Waals surface area contributed by atoms with Gasteiger partial charge in [0.15, 0.2) is 5.82 Å². The van der Waals surface area contributed by atoms with Gasteiger partial charge in [-0.1, -0.05) is 0 Å². The third-order valence-corrected chi connectivity index (χ3v) is 5.32. The summed E-state index contributed by atoms with van der Waals surface area (Å²) in [6, 6.07) is 5.78. The minimum absolute atomic E-state index is 0.000251. The molecule has 1 aliphatic rings. The van der Waals surface area contributed by atoms with Gasteiger partial charge in [-0.2, -0.15) is 5.10 Å². The molecular weight excluding hydrogens is 382 g/mol. The maximum Gasteiger partial charge on any atom is 0.253 e. The number of hydrogen-bond acceptors (Lipinski definition) is 7. The van der Waals surface area contributed by atoms with Gasteiger partial charge in [-0.15, -0.1) is 0 Å². The third kappa shape index (κ3) is 4.06. The highest BCUT2D eigenvalue weighted by molar-refractivity contribution is 6.05. The standard InChI is InChI=1S/C21H27N7O2/c1-12(2)30-18-9-13(7-8-24-18)17-10-16(19-20(23)25-11-26-28(17)19)21(29)27-15-5-3-14(22)4-6-15/h7-12,14-15H,3-6,22H2,1-2H3,(H,27,29)(H2,23,25,26)/t14-,15-. The number of ether oxygens (including phenoxy) is 1. The summed E-state index contributed by atoms with van der Waals surface area (Å²) < 4.78 is 7.35. The summed E-state index contributed by atoms with van der Waals surface area (Å²) in [6.07, 6.45) is 6.61. The number of hydrogen-bond donors (Lipinski definition) is 3. The van der Waals surface area contributed by atoms with Crippen molar-refractivity contribution < 1.29 is 9.53 Å². The number of rotatable bonds is 5. The highest BCUT2D eigenvalue weighted by Gasteiger charge is 2.24. The lowest BCUT2D eigenvalue weighted by Crippen LogP contribution is -2.40. The minimum atomic E-state index is -0.187. The fourth-order valence-electron chi connectivity index (χ4n) is 3.85. The van der Waals surface area contributed by atoms with E-state index in [4.69, 9.17) is 16.2 Å². The van der Waals surface area contributed by atoms with E-state index in [1.54, 1.807) is 16.8 Å². The van der Waals surface area contributed by atoms with Gasteiger partial charge in [0.1, 0.15) is 11.8 Å². The Morgan fingerprint density at radius 1 is 1.23 bits per heavy atom. The quantitative estimate of drug-likeness (QED) is 0.588. The van der Waals surface area contributed by atoms with Crippen LogP contribution < -0.4 is 21.5 Å². The van der Waals surface area contributed by atoms with Gasteiger partial charge in [0, 0.05) is 29.9 Å². The molecule has 158 valence electrons. The number of aromatic nitrogens is 4. The molecule has 3 aromatic rings. The van der Waals surface area contributed by atoms with Crippen LogP contribution >= 0.6 is 0 Å². The van der Waals surface area contributed by atoms with Gasteiger partial charge in [0.05, 0.1) is 17.4 Å². The van der Waals surface area contributed by atoms with Crippen LogP contribution in [0.1, 0.15) is 49.9 Å². The summed E-state index contributed by atoms with van der Waals surface area (Å²) in [5.74, 6) is 0.567. The molecule has 0 radical (unpaired) electrons. The Morgan fingerprint density at radius 2 is 2.00 bits per heavy atom. The van der Waals surface area contributed by atoms with Gasteiger partial charge < -0.3 is 21.5 Å². The van der Waals surface area contributed by atoms with Crippen LogP contribution in [-0.4, -0.2) is 43.7 Å². The van der Waals surface area contributed by atoms with E-state index in [1.165, 1.54) is 6.33 Å². The predicted octanol–water partition coefficient (Wildman–Crippen LogP) is 2.16. The highest BCUT2D eigenvalue weighted by atomic mass is 16.5. The summed E-state index contributed by atoms with van der Waals surface area (Å²) in [5.41, 5.74) is 14.6. The van der Waals surface area contributed by atoms with Crippen molar-refractivity contribution in [1.82, 2.24) is 24.9 Å². The molecule has 9 nitrogen and oxygen atoms in total. The normalized spacial score (nSPS) is 19.2. The van der Waals surface area contributed by atoms with Crippen LogP contribution in [0.3, 0.4) is 0 Å². The van der Waals surface area contributed by atoms with Crippen molar-refractivity contribution in [1.29, 1.82) is 0 Å². The fourth-order valence-corrected chi connectivity index (χ4v) is 3.85. The molecule has 30 heavy (non-hydrogen) atoms. The van der Waals surface area contributed by atoms with Crippen LogP contribution in [-0.2, 0) is 0 Å². The van der Waals surface area contributed by atoms with E-state index < -0.39 is 0 Å². The molecule has 3 heterocycles. The van der Waals surface area contributed by atoms with Gasteiger partial charge >= 0.3 is 0 Å². The number of carbonyl (C=O) groups is 1. The zero-order chi connectivity index (χ0) is 21.3. The first-order chi connectivity index (χ1) is 14.4. The van der Waals surface area contributed by atoms with Gasteiger partial charge in [-0.25, -0.2) is 14.5 Å². The maximum atomic E-state index is 13.1. The molecule has 1 fully saturated rings. The Morgan fingerprint density at radius 3 is 2.73 bits per heavy atom. The van der Waals surface area contributed by atoms with Gasteiger partial charge in [0.25, 0.3) is 5.91 Å². The average molecular weight is 409 g/mol. The van der Waals surface area contributed by atoms with E-state index in [9.17, 15) is 4.79 Å². The summed E-state index contributed by atoms with van der Waals surface area (Å²) >= 11 is 0. The van der Waals surface area contributed by atoms with E-state index in [1.807, 2.05) is 26.0 Å². The van der Waals surface area contributed by atoms with Gasteiger partial charge in [-0.3, -0.25) is 4.79 Å². The predicted molar refractivity (Wildman–Crippen MR) is 114 cm³/mol. The molecule has 1 amide bonds. The number of nitrogens with two attached hydrogens (primary N) is 2. The van der Waals surface area contributed by atoms with Gasteiger partial charge in [-0.05, 0) is 51.7 Å². The largest absolute Gasteiger partial charge is 0.475 e. The second-order valence-corrected chi connectivity index (χ2v) is 7.98. The number of nitrogens with one attached hydrogen (secondary N) is 1. The number of amides is 1. The first-order valence-electron chi connectivity index (χ1n) is 10.2. The topological polar surface area (TPSA) is 133 Å². The van der Waals surface area contributed by atoms with Crippen molar-refractivity contribution >= 4 is 17.2 Å². The minimum Gasteiger partial charge on any atom is -0.475 e. The van der Waals surface area contributed by atoms with Crippen LogP contribution in [0.5, 0.6) is 5.88 Å².